The van der Waals surface area contributed by atoms with E-state index in [0.717, 1.165) is 0 Å². The molecule has 0 bridgehead atoms. The second-order valence-electron chi connectivity index (χ2n) is 0. The average Bonchev–Trinajstić information content (AvgIpc) is 0. The van der Waals surface area contributed by atoms with E-state index in [9.17, 15) is 0 Å². The van der Waals surface area contributed by atoms with E-state index in [1.165, 1.54) is 0 Å². The molecule has 0 aliphatic heterocycles. The summed E-state index contributed by atoms with van der Waals surface area (Å²) in [6.45, 7) is 0. The van der Waals surface area contributed by atoms with Gasteiger partial charge in [0.25, 0.3) is 0 Å². The van der Waals surface area contributed by atoms with E-state index in [2.05, 4.69) is 0 Å². The minimum absolute atomic E-state index is 0. The van der Waals surface area contributed by atoms with E-state index in [1.54, 1.807) is 0 Å². The van der Waals surface area contributed by atoms with Crippen LogP contribution in [0.3, 0.4) is 0 Å². The molecule has 0 rings (SSSR count). The fourth-order valence-corrected chi connectivity index (χ4v) is 0. The van der Waals surface area contributed by atoms with Crippen LogP contribution in [0.1, 0.15) is 0 Å². The minimum Gasteiger partial charge on any atom is 0 e. The van der Waals surface area contributed by atoms with Gasteiger partial charge in [0.1, 0.15) is 0 Å². The Hall–Kier alpha value is 1.97. The molecule has 0 nitrogen and oxygen atoms in total. The van der Waals surface area contributed by atoms with Crippen LogP contribution in [-0.4, -0.2) is 11.0 Å². The van der Waals surface area contributed by atoms with E-state index in [0.29, 0.717) is 0 Å². The standard InChI is InChI=1S/Fe.Ni.Si.Ta. The molecule has 0 heterocycles. The molecule has 0 aromatic rings. The molecule has 0 aliphatic carbocycles. The molecule has 0 aliphatic rings. The Kier molecular flexibility index (Phi) is 192. The van der Waals surface area contributed by atoms with Crippen LogP contribution in [-0.2, 0) is 55.9 Å². The third-order valence-electron chi connectivity index (χ3n) is 0. The van der Waals surface area contributed by atoms with Crippen molar-refractivity contribution in [3.05, 3.63) is 0 Å². The fraction of sp³-hybridized carbons (Fsp3) is 0. The summed E-state index contributed by atoms with van der Waals surface area (Å²) in [5, 5.41) is 0. The molecule has 0 saturated heterocycles. The molecular weight excluding hydrogens is 324 g/mol. The Balaban J connectivity index is 0. The van der Waals surface area contributed by atoms with Crippen molar-refractivity contribution >= 4 is 11.0 Å². The maximum atomic E-state index is 0. The van der Waals surface area contributed by atoms with Crippen LogP contribution in [0.25, 0.3) is 0 Å². The van der Waals surface area contributed by atoms with E-state index in [4.69, 9.17) is 0 Å². The Bertz CT molecular complexity index is 8.00. The van der Waals surface area contributed by atoms with Crippen LogP contribution in [0, 0.1) is 0 Å². The summed E-state index contributed by atoms with van der Waals surface area (Å²) in [6.07, 6.45) is 0. The summed E-state index contributed by atoms with van der Waals surface area (Å²) >= 11 is 0. The second-order valence-corrected chi connectivity index (χ2v) is 0. The molecule has 0 atom stereocenters. The molecule has 0 amide bonds. The molecule has 5 radical (unpaired) electrons. The topological polar surface area (TPSA) is 0 Å². The summed E-state index contributed by atoms with van der Waals surface area (Å²) in [4.78, 5) is 0. The molecule has 0 fully saturated rings. The molecule has 0 N–H and O–H groups in total. The predicted molar refractivity (Wildman–Crippen MR) is 5.75 cm³/mol. The fourth-order valence-electron chi connectivity index (χ4n) is 0. The third-order valence-corrected chi connectivity index (χ3v) is 0. The van der Waals surface area contributed by atoms with Gasteiger partial charge in [0.2, 0.25) is 0 Å². The molecule has 27 valence electrons. The van der Waals surface area contributed by atoms with Gasteiger partial charge in [-0.1, -0.05) is 0 Å². The summed E-state index contributed by atoms with van der Waals surface area (Å²) in [6, 6.07) is 0. The first kappa shape index (κ1) is 38.0. The van der Waals surface area contributed by atoms with Gasteiger partial charge in [-0.3, -0.25) is 0 Å². The predicted octanol–water partition coefficient (Wildman–Crippen LogP) is -0.388. The zero-order valence-electron chi connectivity index (χ0n) is 1.62. The molecule has 0 unspecified atom stereocenters. The summed E-state index contributed by atoms with van der Waals surface area (Å²) in [5.74, 6) is 0. The van der Waals surface area contributed by atoms with Crippen molar-refractivity contribution < 1.29 is 55.9 Å². The van der Waals surface area contributed by atoms with E-state index in [-0.39, 0.29) is 66.9 Å². The van der Waals surface area contributed by atoms with Crippen molar-refractivity contribution in [2.24, 2.45) is 0 Å². The van der Waals surface area contributed by atoms with Crippen LogP contribution in [0.5, 0.6) is 0 Å². The van der Waals surface area contributed by atoms with Crippen molar-refractivity contribution in [1.82, 2.24) is 0 Å². The SMILES string of the molecule is [Fe].[Ni].[Si].[Ta]. The Labute approximate surface area is 66.4 Å². The first-order chi connectivity index (χ1) is 0. The largest absolute Gasteiger partial charge is 0 e. The van der Waals surface area contributed by atoms with Crippen LogP contribution >= 0.6 is 0 Å². The van der Waals surface area contributed by atoms with Gasteiger partial charge in [0, 0.05) is 66.9 Å². The molecule has 4 heavy (non-hydrogen) atoms. The smallest absolute Gasteiger partial charge is 0 e. The molecule has 0 aromatic carbocycles. The van der Waals surface area contributed by atoms with Crippen molar-refractivity contribution in [3.63, 3.8) is 0 Å². The van der Waals surface area contributed by atoms with Gasteiger partial charge in [-0.2, -0.15) is 0 Å². The van der Waals surface area contributed by atoms with Gasteiger partial charge in [-0.15, -0.1) is 0 Å². The minimum atomic E-state index is 0. The zero-order chi connectivity index (χ0) is 0. The maximum absolute atomic E-state index is 0. The van der Waals surface area contributed by atoms with Crippen molar-refractivity contribution in [1.29, 1.82) is 0 Å². The molecular formula is FeNiSiTa. The summed E-state index contributed by atoms with van der Waals surface area (Å²) < 4.78 is 0. The Morgan fingerprint density at radius 1 is 1.00 bits per heavy atom. The summed E-state index contributed by atoms with van der Waals surface area (Å²) in [7, 11) is 0. The van der Waals surface area contributed by atoms with E-state index >= 15 is 0 Å². The third kappa shape index (κ3) is 9.02. The average molecular weight is 324 g/mol. The monoisotopic (exact) mass is 323 g/mol. The van der Waals surface area contributed by atoms with Crippen molar-refractivity contribution in [2.45, 2.75) is 0 Å². The summed E-state index contributed by atoms with van der Waals surface area (Å²) in [5.41, 5.74) is 0. The zero-order valence-corrected chi connectivity index (χ0v) is 7.92. The first-order valence-electron chi connectivity index (χ1n) is 0. The maximum Gasteiger partial charge on any atom is 0 e. The number of rotatable bonds is 0. The van der Waals surface area contributed by atoms with Crippen LogP contribution in [0.2, 0.25) is 0 Å². The Morgan fingerprint density at radius 2 is 1.00 bits per heavy atom. The van der Waals surface area contributed by atoms with Gasteiger partial charge >= 0.3 is 0 Å². The van der Waals surface area contributed by atoms with Crippen LogP contribution in [0.4, 0.5) is 0 Å². The van der Waals surface area contributed by atoms with E-state index < -0.39 is 0 Å². The van der Waals surface area contributed by atoms with Gasteiger partial charge in [-0.25, -0.2) is 0 Å². The molecule has 4 heteroatoms. The van der Waals surface area contributed by atoms with Crippen molar-refractivity contribution in [3.8, 4) is 0 Å². The van der Waals surface area contributed by atoms with Gasteiger partial charge in [0.05, 0.1) is 0 Å². The first-order valence-corrected chi connectivity index (χ1v) is 0. The van der Waals surface area contributed by atoms with E-state index in [1.807, 2.05) is 0 Å². The van der Waals surface area contributed by atoms with Crippen LogP contribution in [0.15, 0.2) is 0 Å². The van der Waals surface area contributed by atoms with Gasteiger partial charge < -0.3 is 0 Å². The second kappa shape index (κ2) is 20.2. The molecule has 0 spiro atoms. The molecule has 0 aromatic heterocycles. The molecule has 0 saturated carbocycles. The quantitative estimate of drug-likeness (QED) is 0.533. The van der Waals surface area contributed by atoms with Gasteiger partial charge in [0.15, 0.2) is 0 Å². The Morgan fingerprint density at radius 3 is 1.00 bits per heavy atom. The number of hydrogen-bond acceptors (Lipinski definition) is 0. The van der Waals surface area contributed by atoms with Gasteiger partial charge in [-0.05, 0) is 0 Å². The van der Waals surface area contributed by atoms with Crippen LogP contribution < -0.4 is 0 Å². The van der Waals surface area contributed by atoms with Crippen molar-refractivity contribution in [2.75, 3.05) is 0 Å². The number of hydrogen-bond donors (Lipinski definition) is 0. The normalized spacial score (nSPS) is 0.